The molecule has 0 aromatic heterocycles. The largest absolute Gasteiger partial charge is 0.493 e. The number of alkyl carbamates (subject to hydrolysis) is 1. The number of nitriles is 1. The zero-order chi connectivity index (χ0) is 27.3. The van der Waals surface area contributed by atoms with Gasteiger partial charge < -0.3 is 19.5 Å². The number of methoxy groups -OCH3 is 1. The van der Waals surface area contributed by atoms with Gasteiger partial charge in [0, 0.05) is 15.6 Å². The van der Waals surface area contributed by atoms with Crippen LogP contribution in [0.2, 0.25) is 0 Å². The highest BCUT2D eigenvalue weighted by Gasteiger charge is 2.19. The molecule has 9 nitrogen and oxygen atoms in total. The van der Waals surface area contributed by atoms with E-state index in [0.29, 0.717) is 27.1 Å². The number of amides is 2. The Kier molecular flexibility index (Phi) is 10.7. The first kappa shape index (κ1) is 28.2. The van der Waals surface area contributed by atoms with Crippen LogP contribution in [0.25, 0.3) is 0 Å². The third kappa shape index (κ3) is 8.08. The molecule has 0 fully saturated rings. The molecular weight excluding hydrogens is 552 g/mol. The number of carbonyl (C=O) groups excluding carboxylic acids is 2. The Morgan fingerprint density at radius 3 is 2.55 bits per heavy atom. The molecule has 0 aliphatic carbocycles. The first-order chi connectivity index (χ1) is 18.4. The number of nitrogens with zero attached hydrogens (tertiary/aromatic N) is 2. The lowest BCUT2D eigenvalue weighted by atomic mass is 10.0. The van der Waals surface area contributed by atoms with Gasteiger partial charge in [0.2, 0.25) is 5.91 Å². The molecule has 0 aliphatic rings. The van der Waals surface area contributed by atoms with Gasteiger partial charge in [-0.1, -0.05) is 48.5 Å². The highest BCUT2D eigenvalue weighted by Crippen LogP contribution is 2.33. The van der Waals surface area contributed by atoms with E-state index in [2.05, 4.69) is 37.8 Å². The number of hydrogen-bond donors (Lipinski definition) is 2. The molecule has 0 heterocycles. The molecule has 1 atom stereocenters. The summed E-state index contributed by atoms with van der Waals surface area (Å²) in [7, 11) is 1.52. The first-order valence-corrected chi connectivity index (χ1v) is 12.5. The summed E-state index contributed by atoms with van der Waals surface area (Å²) in [5.41, 5.74) is 5.19. The third-order valence-corrected chi connectivity index (χ3v) is 6.04. The summed E-state index contributed by atoms with van der Waals surface area (Å²) >= 11 is 3.49. The SMILES string of the molecule is CCOC(=O)N[C@@H](CC(=O)N/N=C\c1cc(OC)c(OCc2ccccc2C#N)cc1Br)c1ccccc1. The lowest BCUT2D eigenvalue weighted by Crippen LogP contribution is -2.33. The molecule has 2 N–H and O–H groups in total. The Balaban J connectivity index is 1.66. The number of nitrogens with one attached hydrogen (secondary N) is 2. The minimum absolute atomic E-state index is 0.0401. The number of ether oxygens (including phenoxy) is 3. The number of carbonyl (C=O) groups is 2. The molecule has 0 saturated heterocycles. The van der Waals surface area contributed by atoms with Crippen LogP contribution in [0.3, 0.4) is 0 Å². The standard InChI is InChI=1S/C28H27BrN4O5/c1-3-37-28(35)32-24(19-9-5-4-6-10-19)15-27(34)33-31-17-22-13-25(36-2)26(14-23(22)29)38-18-21-12-8-7-11-20(21)16-30/h4-14,17,24H,3,15,18H2,1-2H3,(H,32,35)(H,33,34)/b31-17-/t24-/m0/s1. The van der Waals surface area contributed by atoms with E-state index in [9.17, 15) is 14.9 Å². The molecule has 3 aromatic carbocycles. The van der Waals surface area contributed by atoms with Crippen molar-refractivity contribution < 1.29 is 23.8 Å². The fourth-order valence-electron chi connectivity index (χ4n) is 3.49. The van der Waals surface area contributed by atoms with Gasteiger partial charge in [-0.2, -0.15) is 10.4 Å². The van der Waals surface area contributed by atoms with Crippen molar-refractivity contribution in [1.29, 1.82) is 5.26 Å². The summed E-state index contributed by atoms with van der Waals surface area (Å²) in [6.07, 6.45) is 0.823. The zero-order valence-corrected chi connectivity index (χ0v) is 22.5. The molecule has 3 aromatic rings. The van der Waals surface area contributed by atoms with Gasteiger partial charge in [-0.15, -0.1) is 0 Å². The van der Waals surface area contributed by atoms with Gasteiger partial charge >= 0.3 is 6.09 Å². The monoisotopic (exact) mass is 578 g/mol. The Morgan fingerprint density at radius 1 is 1.11 bits per heavy atom. The second-order valence-corrected chi connectivity index (χ2v) is 8.76. The molecule has 2 amide bonds. The van der Waals surface area contributed by atoms with Gasteiger partial charge in [0.25, 0.3) is 0 Å². The van der Waals surface area contributed by atoms with Gasteiger partial charge in [0.05, 0.1) is 44.0 Å². The maximum absolute atomic E-state index is 12.6. The minimum atomic E-state index is -0.605. The Bertz CT molecular complexity index is 1320. The summed E-state index contributed by atoms with van der Waals surface area (Å²) in [6, 6.07) is 21.3. The van der Waals surface area contributed by atoms with E-state index < -0.39 is 18.0 Å². The van der Waals surface area contributed by atoms with Crippen molar-refractivity contribution in [1.82, 2.24) is 10.7 Å². The highest BCUT2D eigenvalue weighted by molar-refractivity contribution is 9.10. The summed E-state index contributed by atoms with van der Waals surface area (Å²) in [6.45, 7) is 2.12. The smallest absolute Gasteiger partial charge is 0.407 e. The Hall–Kier alpha value is -4.36. The van der Waals surface area contributed by atoms with Crippen molar-refractivity contribution in [3.05, 3.63) is 93.5 Å². The maximum atomic E-state index is 12.6. The maximum Gasteiger partial charge on any atom is 0.407 e. The number of hydrogen-bond acceptors (Lipinski definition) is 7. The Morgan fingerprint density at radius 2 is 1.84 bits per heavy atom. The van der Waals surface area contributed by atoms with Crippen molar-refractivity contribution in [3.8, 4) is 17.6 Å². The summed E-state index contributed by atoms with van der Waals surface area (Å²) in [5.74, 6) is 0.536. The number of rotatable bonds is 11. The molecule has 0 unspecified atom stereocenters. The van der Waals surface area contributed by atoms with Gasteiger partial charge in [-0.05, 0) is 46.6 Å². The van der Waals surface area contributed by atoms with E-state index in [4.69, 9.17) is 14.2 Å². The third-order valence-electron chi connectivity index (χ3n) is 5.36. The average Bonchev–Trinajstić information content (AvgIpc) is 2.93. The molecule has 0 spiro atoms. The molecule has 3 rings (SSSR count). The van der Waals surface area contributed by atoms with Gasteiger partial charge in [0.1, 0.15) is 6.61 Å². The lowest BCUT2D eigenvalue weighted by Gasteiger charge is -2.18. The molecule has 0 aliphatic heterocycles. The normalized spacial score (nSPS) is 11.3. The Labute approximate surface area is 229 Å². The van der Waals surface area contributed by atoms with Crippen LogP contribution in [0, 0.1) is 11.3 Å². The van der Waals surface area contributed by atoms with E-state index in [1.165, 1.54) is 13.3 Å². The van der Waals surface area contributed by atoms with Crippen LogP contribution in [0.4, 0.5) is 4.79 Å². The summed E-state index contributed by atoms with van der Waals surface area (Å²) in [5, 5.41) is 16.0. The quantitative estimate of drug-likeness (QED) is 0.237. The molecule has 38 heavy (non-hydrogen) atoms. The van der Waals surface area contributed by atoms with Crippen LogP contribution in [-0.4, -0.2) is 31.9 Å². The van der Waals surface area contributed by atoms with E-state index in [0.717, 1.165) is 11.1 Å². The summed E-state index contributed by atoms with van der Waals surface area (Å²) in [4.78, 5) is 24.6. The van der Waals surface area contributed by atoms with Crippen molar-refractivity contribution in [2.75, 3.05) is 13.7 Å². The van der Waals surface area contributed by atoms with Crippen molar-refractivity contribution in [2.24, 2.45) is 5.10 Å². The number of hydrazone groups is 1. The topological polar surface area (TPSA) is 122 Å². The van der Waals surface area contributed by atoms with E-state index in [-0.39, 0.29) is 19.6 Å². The fraction of sp³-hybridized carbons (Fsp3) is 0.214. The second-order valence-electron chi connectivity index (χ2n) is 7.91. The molecule has 10 heteroatoms. The van der Waals surface area contributed by atoms with Crippen LogP contribution in [0.5, 0.6) is 11.5 Å². The molecule has 196 valence electrons. The molecule has 0 radical (unpaired) electrons. The van der Waals surface area contributed by atoms with Crippen LogP contribution in [0.1, 0.15) is 41.6 Å². The van der Waals surface area contributed by atoms with Crippen LogP contribution in [-0.2, 0) is 16.1 Å². The lowest BCUT2D eigenvalue weighted by molar-refractivity contribution is -0.121. The van der Waals surface area contributed by atoms with Crippen LogP contribution >= 0.6 is 15.9 Å². The van der Waals surface area contributed by atoms with E-state index >= 15 is 0 Å². The minimum Gasteiger partial charge on any atom is -0.493 e. The number of halogens is 1. The second kappa shape index (κ2) is 14.4. The predicted molar refractivity (Wildman–Crippen MR) is 146 cm³/mol. The highest BCUT2D eigenvalue weighted by atomic mass is 79.9. The van der Waals surface area contributed by atoms with Gasteiger partial charge in [-0.3, -0.25) is 4.79 Å². The summed E-state index contributed by atoms with van der Waals surface area (Å²) < 4.78 is 17.0. The van der Waals surface area contributed by atoms with Crippen LogP contribution < -0.4 is 20.2 Å². The van der Waals surface area contributed by atoms with E-state index in [1.54, 1.807) is 31.2 Å². The van der Waals surface area contributed by atoms with Crippen molar-refractivity contribution >= 4 is 34.1 Å². The van der Waals surface area contributed by atoms with E-state index in [1.807, 2.05) is 42.5 Å². The zero-order valence-electron chi connectivity index (χ0n) is 20.9. The first-order valence-electron chi connectivity index (χ1n) is 11.7. The molecule has 0 bridgehead atoms. The van der Waals surface area contributed by atoms with Crippen molar-refractivity contribution in [3.63, 3.8) is 0 Å². The van der Waals surface area contributed by atoms with Gasteiger partial charge in [0.15, 0.2) is 11.5 Å². The molecular formula is C28H27BrN4O5. The molecule has 0 saturated carbocycles. The predicted octanol–water partition coefficient (Wildman–Crippen LogP) is 5.24. The van der Waals surface area contributed by atoms with Crippen molar-refractivity contribution in [2.45, 2.75) is 26.0 Å². The van der Waals surface area contributed by atoms with Gasteiger partial charge in [-0.25, -0.2) is 10.2 Å². The van der Waals surface area contributed by atoms with Crippen LogP contribution in [0.15, 0.2) is 76.3 Å². The fourth-order valence-corrected chi connectivity index (χ4v) is 3.92. The number of benzene rings is 3. The average molecular weight is 579 g/mol.